The third-order valence-corrected chi connectivity index (χ3v) is 2.68. The monoisotopic (exact) mass is 248 g/mol. The topological polar surface area (TPSA) is 64.3 Å². The van der Waals surface area contributed by atoms with Crippen molar-refractivity contribution in [3.63, 3.8) is 0 Å². The first-order valence-corrected chi connectivity index (χ1v) is 5.99. The number of benzene rings is 1. The van der Waals surface area contributed by atoms with Crippen molar-refractivity contribution in [1.29, 1.82) is 0 Å². The molecule has 0 aliphatic carbocycles. The number of nitrogens with one attached hydrogen (secondary N) is 1. The van der Waals surface area contributed by atoms with Crippen LogP contribution in [0.15, 0.2) is 24.3 Å². The molecule has 1 rings (SSSR count). The molecule has 0 spiro atoms. The van der Waals surface area contributed by atoms with Crippen molar-refractivity contribution in [1.82, 2.24) is 5.32 Å². The van der Waals surface area contributed by atoms with Gasteiger partial charge in [-0.15, -0.1) is 0 Å². The zero-order valence-corrected chi connectivity index (χ0v) is 11.1. The van der Waals surface area contributed by atoms with Gasteiger partial charge in [-0.05, 0) is 37.1 Å². The van der Waals surface area contributed by atoms with Crippen molar-refractivity contribution in [3.05, 3.63) is 29.8 Å². The van der Waals surface area contributed by atoms with Gasteiger partial charge in [0.1, 0.15) is 5.75 Å². The predicted molar refractivity (Wildman–Crippen MR) is 74.3 cm³/mol. The summed E-state index contributed by atoms with van der Waals surface area (Å²) < 4.78 is 5.06. The molecule has 3 N–H and O–H groups in total. The van der Waals surface area contributed by atoms with Crippen molar-refractivity contribution >= 4 is 17.7 Å². The van der Waals surface area contributed by atoms with Crippen LogP contribution in [0.25, 0.3) is 6.08 Å². The number of hydrogen-bond donors (Lipinski definition) is 2. The SMILES string of the molecule is CCC(C)NC(=O)/C=C/c1ccc(OC)c(N)c1. The molecular formula is C14H20N2O2. The summed E-state index contributed by atoms with van der Waals surface area (Å²) in [5.41, 5.74) is 7.21. The van der Waals surface area contributed by atoms with Gasteiger partial charge >= 0.3 is 0 Å². The van der Waals surface area contributed by atoms with E-state index in [2.05, 4.69) is 5.32 Å². The van der Waals surface area contributed by atoms with E-state index < -0.39 is 0 Å². The summed E-state index contributed by atoms with van der Waals surface area (Å²) in [6, 6.07) is 5.58. The van der Waals surface area contributed by atoms with E-state index in [0.29, 0.717) is 11.4 Å². The number of methoxy groups -OCH3 is 1. The maximum absolute atomic E-state index is 11.5. The summed E-state index contributed by atoms with van der Waals surface area (Å²) in [6.45, 7) is 4.00. The van der Waals surface area contributed by atoms with Crippen LogP contribution in [0.1, 0.15) is 25.8 Å². The van der Waals surface area contributed by atoms with Crippen molar-refractivity contribution in [2.24, 2.45) is 0 Å². The van der Waals surface area contributed by atoms with Crippen molar-refractivity contribution in [2.75, 3.05) is 12.8 Å². The highest BCUT2D eigenvalue weighted by Crippen LogP contribution is 2.22. The number of hydrogen-bond acceptors (Lipinski definition) is 3. The highest BCUT2D eigenvalue weighted by molar-refractivity contribution is 5.92. The van der Waals surface area contributed by atoms with Crippen LogP contribution < -0.4 is 15.8 Å². The van der Waals surface area contributed by atoms with Gasteiger partial charge < -0.3 is 15.8 Å². The number of nitrogens with two attached hydrogens (primary N) is 1. The molecule has 4 nitrogen and oxygen atoms in total. The molecule has 0 heterocycles. The second-order valence-corrected chi connectivity index (χ2v) is 4.15. The van der Waals surface area contributed by atoms with Gasteiger partial charge in [-0.2, -0.15) is 0 Å². The van der Waals surface area contributed by atoms with Gasteiger partial charge in [0.05, 0.1) is 12.8 Å². The van der Waals surface area contributed by atoms with Gasteiger partial charge in [0.15, 0.2) is 0 Å². The number of rotatable bonds is 5. The Hall–Kier alpha value is -1.97. The van der Waals surface area contributed by atoms with E-state index in [9.17, 15) is 4.79 Å². The van der Waals surface area contributed by atoms with E-state index in [-0.39, 0.29) is 11.9 Å². The lowest BCUT2D eigenvalue weighted by atomic mass is 10.1. The summed E-state index contributed by atoms with van der Waals surface area (Å²) in [5, 5.41) is 2.86. The normalized spacial score (nSPS) is 12.4. The van der Waals surface area contributed by atoms with E-state index in [1.54, 1.807) is 25.3 Å². The maximum Gasteiger partial charge on any atom is 0.244 e. The maximum atomic E-state index is 11.5. The Bertz CT molecular complexity index is 441. The first-order chi connectivity index (χ1) is 8.56. The first-order valence-electron chi connectivity index (χ1n) is 5.99. The van der Waals surface area contributed by atoms with Gasteiger partial charge in [-0.25, -0.2) is 0 Å². The van der Waals surface area contributed by atoms with Crippen LogP contribution in [0, 0.1) is 0 Å². The minimum absolute atomic E-state index is 0.0984. The van der Waals surface area contributed by atoms with Crippen molar-refractivity contribution in [3.8, 4) is 5.75 Å². The lowest BCUT2D eigenvalue weighted by Crippen LogP contribution is -2.30. The molecule has 18 heavy (non-hydrogen) atoms. The van der Waals surface area contributed by atoms with E-state index in [1.165, 1.54) is 6.08 Å². The zero-order valence-electron chi connectivity index (χ0n) is 11.1. The standard InChI is InChI=1S/C14H20N2O2/c1-4-10(2)16-14(17)8-6-11-5-7-13(18-3)12(15)9-11/h5-10H,4,15H2,1-3H3,(H,16,17)/b8-6+. The van der Waals surface area contributed by atoms with Gasteiger partial charge in [0, 0.05) is 12.1 Å². The number of carbonyl (C=O) groups is 1. The molecule has 0 aromatic heterocycles. The highest BCUT2D eigenvalue weighted by Gasteiger charge is 2.02. The lowest BCUT2D eigenvalue weighted by Gasteiger charge is -2.08. The zero-order chi connectivity index (χ0) is 13.5. The number of ether oxygens (including phenoxy) is 1. The Morgan fingerprint density at radius 1 is 1.56 bits per heavy atom. The van der Waals surface area contributed by atoms with Crippen molar-refractivity contribution < 1.29 is 9.53 Å². The summed E-state index contributed by atoms with van der Waals surface area (Å²) in [5.74, 6) is 0.537. The van der Waals surface area contributed by atoms with Gasteiger partial charge in [-0.3, -0.25) is 4.79 Å². The smallest absolute Gasteiger partial charge is 0.244 e. The van der Waals surface area contributed by atoms with Crippen molar-refractivity contribution in [2.45, 2.75) is 26.3 Å². The van der Waals surface area contributed by atoms with Crippen LogP contribution in [-0.2, 0) is 4.79 Å². The summed E-state index contributed by atoms with van der Waals surface area (Å²) in [4.78, 5) is 11.5. The average Bonchev–Trinajstić information content (AvgIpc) is 2.36. The molecule has 1 unspecified atom stereocenters. The van der Waals surface area contributed by atoms with E-state index in [0.717, 1.165) is 12.0 Å². The first kappa shape index (κ1) is 14.1. The van der Waals surface area contributed by atoms with E-state index in [4.69, 9.17) is 10.5 Å². The molecule has 1 atom stereocenters. The number of amides is 1. The molecule has 0 bridgehead atoms. The predicted octanol–water partition coefficient (Wildman–Crippen LogP) is 2.21. The molecule has 0 saturated carbocycles. The second kappa shape index (κ2) is 6.69. The molecule has 1 aromatic rings. The van der Waals surface area contributed by atoms with Gasteiger partial charge in [0.25, 0.3) is 0 Å². The molecule has 0 radical (unpaired) electrons. The molecule has 4 heteroatoms. The largest absolute Gasteiger partial charge is 0.495 e. The van der Waals surface area contributed by atoms with E-state index >= 15 is 0 Å². The van der Waals surface area contributed by atoms with Crippen LogP contribution in [0.4, 0.5) is 5.69 Å². The quantitative estimate of drug-likeness (QED) is 0.620. The highest BCUT2D eigenvalue weighted by atomic mass is 16.5. The summed E-state index contributed by atoms with van der Waals surface area (Å²) >= 11 is 0. The molecular weight excluding hydrogens is 228 g/mol. The number of anilines is 1. The van der Waals surface area contributed by atoms with E-state index in [1.807, 2.05) is 19.9 Å². The minimum atomic E-state index is -0.0984. The molecule has 98 valence electrons. The Kier molecular flexibility index (Phi) is 5.24. The van der Waals surface area contributed by atoms with Crippen LogP contribution in [0.5, 0.6) is 5.75 Å². The second-order valence-electron chi connectivity index (χ2n) is 4.15. The third kappa shape index (κ3) is 4.13. The number of carbonyl (C=O) groups excluding carboxylic acids is 1. The lowest BCUT2D eigenvalue weighted by molar-refractivity contribution is -0.117. The fraction of sp³-hybridized carbons (Fsp3) is 0.357. The Morgan fingerprint density at radius 2 is 2.28 bits per heavy atom. The molecule has 1 aromatic carbocycles. The van der Waals surface area contributed by atoms with Gasteiger partial charge in [-0.1, -0.05) is 13.0 Å². The van der Waals surface area contributed by atoms with Crippen LogP contribution in [0.3, 0.4) is 0 Å². The fourth-order valence-electron chi connectivity index (χ4n) is 1.42. The average molecular weight is 248 g/mol. The summed E-state index contributed by atoms with van der Waals surface area (Å²) in [7, 11) is 1.57. The molecule has 1 amide bonds. The molecule has 0 saturated heterocycles. The molecule has 0 aliphatic rings. The minimum Gasteiger partial charge on any atom is -0.495 e. The summed E-state index contributed by atoms with van der Waals surface area (Å²) in [6.07, 6.45) is 4.15. The molecule has 0 aliphatic heterocycles. The van der Waals surface area contributed by atoms with Gasteiger partial charge in [0.2, 0.25) is 5.91 Å². The Morgan fingerprint density at radius 3 is 2.83 bits per heavy atom. The third-order valence-electron chi connectivity index (χ3n) is 2.68. The number of nitrogen functional groups attached to an aromatic ring is 1. The fourth-order valence-corrected chi connectivity index (χ4v) is 1.42. The molecule has 0 fully saturated rings. The Labute approximate surface area is 108 Å². The van der Waals surface area contributed by atoms with Crippen LogP contribution in [-0.4, -0.2) is 19.1 Å². The van der Waals surface area contributed by atoms with Crippen LogP contribution in [0.2, 0.25) is 0 Å². The van der Waals surface area contributed by atoms with Crippen LogP contribution >= 0.6 is 0 Å². The Balaban J connectivity index is 2.67.